The van der Waals surface area contributed by atoms with Crippen LogP contribution in [0.1, 0.15) is 16.9 Å². The lowest BCUT2D eigenvalue weighted by Crippen LogP contribution is -2.08. The molecular formula is C10H16O4S2. The third-order valence-corrected chi connectivity index (χ3v) is 3.89. The fraction of sp³-hybridized carbons (Fsp3) is 0.600. The van der Waals surface area contributed by atoms with E-state index in [9.17, 15) is 8.42 Å². The zero-order valence-electron chi connectivity index (χ0n) is 9.18. The monoisotopic (exact) mass is 264 g/mol. The van der Waals surface area contributed by atoms with E-state index in [4.69, 9.17) is 9.29 Å². The summed E-state index contributed by atoms with van der Waals surface area (Å²) in [5.74, 6) is -0.231. The summed E-state index contributed by atoms with van der Waals surface area (Å²) in [6.07, 6.45) is 1.19. The summed E-state index contributed by atoms with van der Waals surface area (Å²) < 4.78 is 34.5. The van der Waals surface area contributed by atoms with Crippen LogP contribution < -0.4 is 0 Å². The molecule has 6 heteroatoms. The van der Waals surface area contributed by atoms with Crippen LogP contribution in [0, 0.1) is 6.92 Å². The second-order valence-electron chi connectivity index (χ2n) is 3.59. The molecule has 0 bridgehead atoms. The average molecular weight is 264 g/mol. The molecule has 1 rings (SSSR count). The van der Waals surface area contributed by atoms with Crippen LogP contribution in [0.3, 0.4) is 0 Å². The highest BCUT2D eigenvalue weighted by Gasteiger charge is 2.03. The van der Waals surface area contributed by atoms with Crippen LogP contribution in [0.25, 0.3) is 0 Å². The Morgan fingerprint density at radius 2 is 2.19 bits per heavy atom. The van der Waals surface area contributed by atoms with Crippen molar-refractivity contribution in [3.8, 4) is 0 Å². The van der Waals surface area contributed by atoms with Crippen molar-refractivity contribution in [3.05, 3.63) is 21.9 Å². The summed E-state index contributed by atoms with van der Waals surface area (Å²) >= 11 is 1.70. The fourth-order valence-electron chi connectivity index (χ4n) is 1.24. The van der Waals surface area contributed by atoms with Crippen LogP contribution in [-0.2, 0) is 21.3 Å². The maximum Gasteiger partial charge on any atom is 0.264 e. The highest BCUT2D eigenvalue weighted by atomic mass is 32.2. The summed E-state index contributed by atoms with van der Waals surface area (Å²) in [4.78, 5) is 1.27. The molecule has 92 valence electrons. The summed E-state index contributed by atoms with van der Waals surface area (Å²) in [7, 11) is -3.84. The number of ether oxygens (including phenoxy) is 1. The Hall–Kier alpha value is -0.430. The van der Waals surface area contributed by atoms with E-state index < -0.39 is 10.1 Å². The Bertz CT molecular complexity index is 408. The maximum absolute atomic E-state index is 10.4. The quantitative estimate of drug-likeness (QED) is 0.603. The minimum Gasteiger partial charge on any atom is -0.381 e. The van der Waals surface area contributed by atoms with Crippen molar-refractivity contribution in [1.82, 2.24) is 0 Å². The second kappa shape index (κ2) is 6.34. The first-order valence-corrected chi connectivity index (χ1v) is 7.53. The molecule has 0 saturated carbocycles. The molecule has 0 spiro atoms. The predicted molar refractivity (Wildman–Crippen MR) is 64.6 cm³/mol. The lowest BCUT2D eigenvalue weighted by molar-refractivity contribution is 0.138. The highest BCUT2D eigenvalue weighted by Crippen LogP contribution is 2.13. The van der Waals surface area contributed by atoms with E-state index in [-0.39, 0.29) is 5.75 Å². The van der Waals surface area contributed by atoms with Gasteiger partial charge in [-0.05, 0) is 30.4 Å². The average Bonchev–Trinajstić information content (AvgIpc) is 2.56. The molecule has 1 N–H and O–H groups in total. The van der Waals surface area contributed by atoms with Crippen molar-refractivity contribution < 1.29 is 17.7 Å². The van der Waals surface area contributed by atoms with Gasteiger partial charge in [-0.15, -0.1) is 11.3 Å². The summed E-state index contributed by atoms with van der Waals surface area (Å²) in [6, 6.07) is 2.12. The molecule has 1 heterocycles. The number of hydrogen-bond acceptors (Lipinski definition) is 4. The Kier molecular flexibility index (Phi) is 5.40. The van der Waals surface area contributed by atoms with Gasteiger partial charge >= 0.3 is 0 Å². The Morgan fingerprint density at radius 3 is 2.75 bits per heavy atom. The highest BCUT2D eigenvalue weighted by molar-refractivity contribution is 7.85. The zero-order valence-corrected chi connectivity index (χ0v) is 10.8. The molecule has 16 heavy (non-hydrogen) atoms. The minimum absolute atomic E-state index is 0.231. The van der Waals surface area contributed by atoms with Crippen LogP contribution in [0.4, 0.5) is 0 Å². The van der Waals surface area contributed by atoms with Gasteiger partial charge in [-0.25, -0.2) is 0 Å². The van der Waals surface area contributed by atoms with Crippen LogP contribution in [0.5, 0.6) is 0 Å². The van der Waals surface area contributed by atoms with E-state index in [0.29, 0.717) is 19.6 Å². The third kappa shape index (κ3) is 6.22. The number of rotatable bonds is 7. The van der Waals surface area contributed by atoms with E-state index in [2.05, 4.69) is 11.4 Å². The molecular weight excluding hydrogens is 248 g/mol. The number of thiophene rings is 1. The summed E-state index contributed by atoms with van der Waals surface area (Å²) in [5, 5.41) is 2.09. The van der Waals surface area contributed by atoms with Crippen LogP contribution in [0.15, 0.2) is 11.4 Å². The zero-order chi connectivity index (χ0) is 12.0. The lowest BCUT2D eigenvalue weighted by atomic mass is 10.3. The second-order valence-corrected chi connectivity index (χ2v) is 6.16. The van der Waals surface area contributed by atoms with E-state index in [1.54, 1.807) is 11.3 Å². The summed E-state index contributed by atoms with van der Waals surface area (Å²) in [6.45, 7) is 3.00. The molecule has 0 fully saturated rings. The normalized spacial score (nSPS) is 11.9. The standard InChI is InChI=1S/C10H16O4S2/c1-9-7-10(15-8-9)3-5-14-4-2-6-16(11,12)13/h7-8H,2-6H2,1H3,(H,11,12,13). The summed E-state index contributed by atoms with van der Waals surface area (Å²) in [5.41, 5.74) is 1.26. The topological polar surface area (TPSA) is 63.6 Å². The molecule has 0 amide bonds. The molecule has 0 aromatic carbocycles. The van der Waals surface area contributed by atoms with Crippen molar-refractivity contribution >= 4 is 21.5 Å². The van der Waals surface area contributed by atoms with E-state index >= 15 is 0 Å². The number of aryl methyl sites for hydroxylation is 1. The van der Waals surface area contributed by atoms with Gasteiger partial charge in [-0.3, -0.25) is 4.55 Å². The molecule has 0 aliphatic carbocycles. The van der Waals surface area contributed by atoms with Gasteiger partial charge in [0.15, 0.2) is 0 Å². The van der Waals surface area contributed by atoms with Crippen molar-refractivity contribution in [2.45, 2.75) is 19.8 Å². The van der Waals surface area contributed by atoms with Gasteiger partial charge in [0, 0.05) is 17.9 Å². The first-order chi connectivity index (χ1) is 7.47. The van der Waals surface area contributed by atoms with E-state index in [1.807, 2.05) is 6.92 Å². The third-order valence-electron chi connectivity index (χ3n) is 1.97. The van der Waals surface area contributed by atoms with Crippen LogP contribution in [-0.4, -0.2) is 31.9 Å². The van der Waals surface area contributed by atoms with Crippen molar-refractivity contribution in [2.75, 3.05) is 19.0 Å². The Balaban J connectivity index is 2.04. The van der Waals surface area contributed by atoms with Crippen LogP contribution >= 0.6 is 11.3 Å². The first kappa shape index (κ1) is 13.6. The smallest absolute Gasteiger partial charge is 0.264 e. The van der Waals surface area contributed by atoms with Crippen molar-refractivity contribution in [3.63, 3.8) is 0 Å². The van der Waals surface area contributed by atoms with Crippen molar-refractivity contribution in [1.29, 1.82) is 0 Å². The van der Waals surface area contributed by atoms with Gasteiger partial charge in [-0.2, -0.15) is 8.42 Å². The van der Waals surface area contributed by atoms with Gasteiger partial charge in [0.1, 0.15) is 0 Å². The molecule has 1 aromatic heterocycles. The minimum atomic E-state index is -3.84. The van der Waals surface area contributed by atoms with Gasteiger partial charge < -0.3 is 4.74 Å². The SMILES string of the molecule is Cc1csc(CCOCCCS(=O)(=O)O)c1. The number of hydrogen-bond donors (Lipinski definition) is 1. The van der Waals surface area contributed by atoms with Gasteiger partial charge in [-0.1, -0.05) is 0 Å². The largest absolute Gasteiger partial charge is 0.381 e. The molecule has 0 unspecified atom stereocenters. The molecule has 0 atom stereocenters. The molecule has 0 radical (unpaired) electrons. The van der Waals surface area contributed by atoms with Crippen molar-refractivity contribution in [2.24, 2.45) is 0 Å². The Labute approximate surface area is 100 Å². The van der Waals surface area contributed by atoms with Gasteiger partial charge in [0.05, 0.1) is 12.4 Å². The van der Waals surface area contributed by atoms with Gasteiger partial charge in [0.2, 0.25) is 0 Å². The molecule has 0 saturated heterocycles. The molecule has 0 aliphatic heterocycles. The maximum atomic E-state index is 10.4. The van der Waals surface area contributed by atoms with E-state index in [1.165, 1.54) is 10.4 Å². The fourth-order valence-corrected chi connectivity index (χ4v) is 2.58. The van der Waals surface area contributed by atoms with E-state index in [0.717, 1.165) is 6.42 Å². The Morgan fingerprint density at radius 1 is 1.44 bits per heavy atom. The van der Waals surface area contributed by atoms with Crippen LogP contribution in [0.2, 0.25) is 0 Å². The van der Waals surface area contributed by atoms with Gasteiger partial charge in [0.25, 0.3) is 10.1 Å². The molecule has 1 aromatic rings. The molecule has 4 nitrogen and oxygen atoms in total. The molecule has 0 aliphatic rings. The first-order valence-electron chi connectivity index (χ1n) is 5.04. The lowest BCUT2D eigenvalue weighted by Gasteiger charge is -2.01. The predicted octanol–water partition coefficient (Wildman–Crippen LogP) is 1.89.